The second kappa shape index (κ2) is 5.09. The van der Waals surface area contributed by atoms with Crippen LogP contribution in [-0.2, 0) is 9.84 Å². The highest BCUT2D eigenvalue weighted by molar-refractivity contribution is 7.91. The van der Waals surface area contributed by atoms with Crippen LogP contribution in [0.1, 0.15) is 12.0 Å². The van der Waals surface area contributed by atoms with Gasteiger partial charge in [-0.15, -0.1) is 0 Å². The first kappa shape index (κ1) is 13.1. The largest absolute Gasteiger partial charge is 0.357 e. The minimum Gasteiger partial charge on any atom is -0.357 e. The molecule has 0 amide bonds. The summed E-state index contributed by atoms with van der Waals surface area (Å²) in [4.78, 5) is 10.6. The van der Waals surface area contributed by atoms with Gasteiger partial charge in [-0.05, 0) is 13.3 Å². The number of hydrogen-bond acceptors (Lipinski definition) is 6. The van der Waals surface area contributed by atoms with Crippen molar-refractivity contribution in [2.75, 3.05) is 41.9 Å². The van der Waals surface area contributed by atoms with Gasteiger partial charge in [-0.25, -0.2) is 13.4 Å². The lowest BCUT2D eigenvalue weighted by atomic mass is 10.3. The van der Waals surface area contributed by atoms with E-state index in [4.69, 9.17) is 0 Å². The standard InChI is InChI=1S/C11H18N4O2S/c1-9-8-13-11(12-2)14-10(9)15-4-3-6-18(16,17)7-5-15/h8H,3-7H2,1-2H3,(H,12,13,14). The molecular weight excluding hydrogens is 252 g/mol. The van der Waals surface area contributed by atoms with Gasteiger partial charge in [-0.3, -0.25) is 0 Å². The zero-order valence-electron chi connectivity index (χ0n) is 10.7. The highest BCUT2D eigenvalue weighted by Gasteiger charge is 2.21. The lowest BCUT2D eigenvalue weighted by molar-refractivity contribution is 0.597. The first-order valence-corrected chi connectivity index (χ1v) is 7.81. The first-order chi connectivity index (χ1) is 8.52. The molecule has 100 valence electrons. The van der Waals surface area contributed by atoms with Crippen molar-refractivity contribution < 1.29 is 8.42 Å². The van der Waals surface area contributed by atoms with Crippen molar-refractivity contribution in [3.63, 3.8) is 0 Å². The maximum absolute atomic E-state index is 11.6. The minimum atomic E-state index is -2.89. The number of nitrogens with zero attached hydrogens (tertiary/aromatic N) is 3. The van der Waals surface area contributed by atoms with Crippen molar-refractivity contribution >= 4 is 21.6 Å². The smallest absolute Gasteiger partial charge is 0.224 e. The summed E-state index contributed by atoms with van der Waals surface area (Å²) in [5.74, 6) is 1.85. The molecule has 0 unspecified atom stereocenters. The summed E-state index contributed by atoms with van der Waals surface area (Å²) < 4.78 is 23.2. The Labute approximate surface area is 107 Å². The molecule has 1 aromatic rings. The molecule has 2 rings (SSSR count). The van der Waals surface area contributed by atoms with E-state index in [0.717, 1.165) is 17.9 Å². The van der Waals surface area contributed by atoms with Crippen molar-refractivity contribution in [1.82, 2.24) is 9.97 Å². The third-order valence-electron chi connectivity index (χ3n) is 3.02. The van der Waals surface area contributed by atoms with Crippen molar-refractivity contribution in [2.24, 2.45) is 0 Å². The van der Waals surface area contributed by atoms with Gasteiger partial charge in [-0.1, -0.05) is 0 Å². The number of rotatable bonds is 2. The van der Waals surface area contributed by atoms with E-state index in [2.05, 4.69) is 15.3 Å². The van der Waals surface area contributed by atoms with E-state index < -0.39 is 9.84 Å². The Bertz CT molecular complexity index is 530. The second-order valence-corrected chi connectivity index (χ2v) is 6.75. The molecule has 0 aliphatic carbocycles. The van der Waals surface area contributed by atoms with E-state index in [1.54, 1.807) is 13.2 Å². The van der Waals surface area contributed by atoms with Crippen LogP contribution >= 0.6 is 0 Å². The summed E-state index contributed by atoms with van der Waals surface area (Å²) in [6.07, 6.45) is 2.41. The average molecular weight is 270 g/mol. The van der Waals surface area contributed by atoms with Crippen molar-refractivity contribution in [3.8, 4) is 0 Å². The normalized spacial score (nSPS) is 19.3. The molecule has 1 fully saturated rings. The van der Waals surface area contributed by atoms with Crippen LogP contribution < -0.4 is 10.2 Å². The van der Waals surface area contributed by atoms with Gasteiger partial charge in [0, 0.05) is 31.9 Å². The maximum atomic E-state index is 11.6. The molecular formula is C11H18N4O2S. The molecule has 2 heterocycles. The van der Waals surface area contributed by atoms with E-state index in [1.807, 2.05) is 11.8 Å². The highest BCUT2D eigenvalue weighted by atomic mass is 32.2. The molecule has 1 saturated heterocycles. The highest BCUT2D eigenvalue weighted by Crippen LogP contribution is 2.20. The number of hydrogen-bond donors (Lipinski definition) is 1. The summed E-state index contributed by atoms with van der Waals surface area (Å²) in [6.45, 7) is 3.16. The van der Waals surface area contributed by atoms with Crippen LogP contribution in [0, 0.1) is 6.92 Å². The van der Waals surface area contributed by atoms with Crippen LogP contribution in [0.25, 0.3) is 0 Å². The molecule has 18 heavy (non-hydrogen) atoms. The zero-order valence-corrected chi connectivity index (χ0v) is 11.5. The predicted octanol–water partition coefficient (Wildman–Crippen LogP) is 0.452. The number of aromatic nitrogens is 2. The van der Waals surface area contributed by atoms with Crippen molar-refractivity contribution in [3.05, 3.63) is 11.8 Å². The van der Waals surface area contributed by atoms with Gasteiger partial charge in [0.25, 0.3) is 0 Å². The molecule has 1 aliphatic heterocycles. The van der Waals surface area contributed by atoms with Gasteiger partial charge in [-0.2, -0.15) is 4.98 Å². The lowest BCUT2D eigenvalue weighted by Crippen LogP contribution is -2.28. The van der Waals surface area contributed by atoms with Gasteiger partial charge in [0.05, 0.1) is 11.5 Å². The molecule has 1 aromatic heterocycles. The van der Waals surface area contributed by atoms with Crippen LogP contribution in [0.5, 0.6) is 0 Å². The topological polar surface area (TPSA) is 75.2 Å². The van der Waals surface area contributed by atoms with Crippen LogP contribution in [-0.4, -0.2) is 50.0 Å². The Morgan fingerprint density at radius 2 is 2.11 bits per heavy atom. The molecule has 0 spiro atoms. The number of nitrogens with one attached hydrogen (secondary N) is 1. The third-order valence-corrected chi connectivity index (χ3v) is 4.74. The number of sulfone groups is 1. The van der Waals surface area contributed by atoms with Crippen LogP contribution in [0.15, 0.2) is 6.20 Å². The van der Waals surface area contributed by atoms with E-state index in [9.17, 15) is 8.42 Å². The zero-order chi connectivity index (χ0) is 13.2. The summed E-state index contributed by atoms with van der Waals surface area (Å²) >= 11 is 0. The van der Waals surface area contributed by atoms with Gasteiger partial charge < -0.3 is 10.2 Å². The Hall–Kier alpha value is -1.37. The summed E-state index contributed by atoms with van der Waals surface area (Å²) in [5, 5.41) is 2.90. The lowest BCUT2D eigenvalue weighted by Gasteiger charge is -2.22. The number of anilines is 2. The second-order valence-electron chi connectivity index (χ2n) is 4.44. The molecule has 6 nitrogen and oxygen atoms in total. The SMILES string of the molecule is CNc1ncc(C)c(N2CCCS(=O)(=O)CC2)n1. The van der Waals surface area contributed by atoms with Gasteiger partial charge >= 0.3 is 0 Å². The van der Waals surface area contributed by atoms with Crippen molar-refractivity contribution in [1.29, 1.82) is 0 Å². The minimum absolute atomic E-state index is 0.200. The van der Waals surface area contributed by atoms with Crippen LogP contribution in [0.4, 0.5) is 11.8 Å². The predicted molar refractivity (Wildman–Crippen MR) is 71.8 cm³/mol. The quantitative estimate of drug-likeness (QED) is 0.841. The third kappa shape index (κ3) is 2.90. The first-order valence-electron chi connectivity index (χ1n) is 5.98. The Morgan fingerprint density at radius 1 is 1.33 bits per heavy atom. The summed E-state index contributed by atoms with van der Waals surface area (Å²) in [7, 11) is -1.12. The summed E-state index contributed by atoms with van der Waals surface area (Å²) in [6, 6.07) is 0. The number of aryl methyl sites for hydroxylation is 1. The van der Waals surface area contributed by atoms with Gasteiger partial charge in [0.1, 0.15) is 5.82 Å². The Balaban J connectivity index is 2.25. The Kier molecular flexibility index (Phi) is 3.70. The molecule has 0 saturated carbocycles. The van der Waals surface area contributed by atoms with Crippen LogP contribution in [0.3, 0.4) is 0 Å². The fourth-order valence-electron chi connectivity index (χ4n) is 2.02. The van der Waals surface area contributed by atoms with Crippen LogP contribution in [0.2, 0.25) is 0 Å². The molecule has 7 heteroatoms. The molecule has 0 aromatic carbocycles. The monoisotopic (exact) mass is 270 g/mol. The molecule has 0 atom stereocenters. The fourth-order valence-corrected chi connectivity index (χ4v) is 3.30. The van der Waals surface area contributed by atoms with Gasteiger partial charge in [0.2, 0.25) is 5.95 Å². The summed E-state index contributed by atoms with van der Waals surface area (Å²) in [5.41, 5.74) is 0.966. The average Bonchev–Trinajstić information content (AvgIpc) is 2.51. The molecule has 1 aliphatic rings. The Morgan fingerprint density at radius 3 is 2.83 bits per heavy atom. The fraction of sp³-hybridized carbons (Fsp3) is 0.636. The molecule has 1 N–H and O–H groups in total. The van der Waals surface area contributed by atoms with Crippen molar-refractivity contribution in [2.45, 2.75) is 13.3 Å². The van der Waals surface area contributed by atoms with E-state index >= 15 is 0 Å². The van der Waals surface area contributed by atoms with Gasteiger partial charge in [0.15, 0.2) is 9.84 Å². The molecule has 0 radical (unpaired) electrons. The maximum Gasteiger partial charge on any atom is 0.224 e. The van der Waals surface area contributed by atoms with E-state index in [-0.39, 0.29) is 11.5 Å². The van der Waals surface area contributed by atoms with E-state index in [1.165, 1.54) is 0 Å². The molecule has 0 bridgehead atoms. The van der Waals surface area contributed by atoms with E-state index in [0.29, 0.717) is 18.9 Å².